The summed E-state index contributed by atoms with van der Waals surface area (Å²) in [6.45, 7) is 0. The minimum absolute atomic E-state index is 0.266. The molecule has 0 aliphatic carbocycles. The van der Waals surface area contributed by atoms with Crippen LogP contribution in [0.15, 0.2) is 42.5 Å². The molecule has 0 spiro atoms. The van der Waals surface area contributed by atoms with Gasteiger partial charge in [0.15, 0.2) is 17.3 Å². The molecule has 2 heterocycles. The maximum atomic E-state index is 13.1. The van der Waals surface area contributed by atoms with Gasteiger partial charge in [-0.25, -0.2) is 4.39 Å². The Bertz CT molecular complexity index is 1080. The summed E-state index contributed by atoms with van der Waals surface area (Å²) >= 11 is 1.43. The van der Waals surface area contributed by atoms with Gasteiger partial charge in [-0.05, 0) is 48.4 Å². The number of rotatable bonds is 6. The number of hydrogen-bond donors (Lipinski definition) is 0. The fourth-order valence-corrected chi connectivity index (χ4v) is 3.68. The highest BCUT2D eigenvalue weighted by atomic mass is 32.1. The molecule has 2 aromatic carbocycles. The van der Waals surface area contributed by atoms with Gasteiger partial charge in [-0.2, -0.15) is 9.61 Å². The molecule has 6 nitrogen and oxygen atoms in total. The Hall–Kier alpha value is -3.00. The summed E-state index contributed by atoms with van der Waals surface area (Å²) in [4.78, 5) is 0.719. The Balaban J connectivity index is 1.55. The number of aromatic nitrogens is 4. The van der Waals surface area contributed by atoms with Crippen LogP contribution in [0.3, 0.4) is 0 Å². The van der Waals surface area contributed by atoms with Crippen molar-refractivity contribution in [2.45, 2.75) is 12.8 Å². The summed E-state index contributed by atoms with van der Waals surface area (Å²) in [5.74, 6) is 1.92. The number of halogens is 1. The number of methoxy groups -OCH3 is 2. The molecule has 0 aliphatic rings. The predicted octanol–water partition coefficient (Wildman–Crippen LogP) is 3.79. The lowest BCUT2D eigenvalue weighted by Crippen LogP contribution is -2.00. The Kier molecular flexibility index (Phi) is 4.72. The normalized spacial score (nSPS) is 11.1. The fraction of sp³-hybridized carbons (Fsp3) is 0.211. The second-order valence-electron chi connectivity index (χ2n) is 5.91. The summed E-state index contributed by atoms with van der Waals surface area (Å²) < 4.78 is 25.5. The van der Waals surface area contributed by atoms with Crippen LogP contribution in [0.5, 0.6) is 11.5 Å². The van der Waals surface area contributed by atoms with Crippen molar-refractivity contribution in [2.75, 3.05) is 14.2 Å². The van der Waals surface area contributed by atoms with Gasteiger partial charge in [0.05, 0.1) is 14.2 Å². The highest BCUT2D eigenvalue weighted by Crippen LogP contribution is 2.29. The molecule has 4 aromatic rings. The quantitative estimate of drug-likeness (QED) is 0.506. The molecule has 0 N–H and O–H groups in total. The van der Waals surface area contributed by atoms with E-state index in [-0.39, 0.29) is 5.82 Å². The van der Waals surface area contributed by atoms with Gasteiger partial charge in [-0.1, -0.05) is 17.4 Å². The maximum absolute atomic E-state index is 13.1. The molecule has 27 heavy (non-hydrogen) atoms. The minimum Gasteiger partial charge on any atom is -0.493 e. The van der Waals surface area contributed by atoms with Gasteiger partial charge >= 0.3 is 0 Å². The average molecular weight is 384 g/mol. The topological polar surface area (TPSA) is 61.5 Å². The molecule has 4 rings (SSSR count). The van der Waals surface area contributed by atoms with Crippen molar-refractivity contribution in [1.29, 1.82) is 0 Å². The second-order valence-corrected chi connectivity index (χ2v) is 6.87. The van der Waals surface area contributed by atoms with Crippen molar-refractivity contribution < 1.29 is 13.9 Å². The molecule has 0 saturated carbocycles. The molecule has 0 radical (unpaired) electrons. The Morgan fingerprint density at radius 3 is 2.48 bits per heavy atom. The van der Waals surface area contributed by atoms with E-state index in [0.717, 1.165) is 33.3 Å². The van der Waals surface area contributed by atoms with Gasteiger partial charge in [0, 0.05) is 12.0 Å². The van der Waals surface area contributed by atoms with Crippen molar-refractivity contribution in [3.8, 4) is 22.1 Å². The first-order valence-corrected chi connectivity index (χ1v) is 9.17. The molecular formula is C19H17FN4O2S. The molecule has 8 heteroatoms. The zero-order valence-corrected chi connectivity index (χ0v) is 15.7. The first-order valence-electron chi connectivity index (χ1n) is 8.36. The standard InChI is InChI=1S/C19H17FN4O2S/c1-25-15-9-3-12(11-16(15)26-2)4-10-17-21-22-19-24(17)23-18(27-19)13-5-7-14(20)8-6-13/h3,5-9,11H,4,10H2,1-2H3. The zero-order valence-electron chi connectivity index (χ0n) is 14.8. The lowest BCUT2D eigenvalue weighted by Gasteiger charge is -2.09. The summed E-state index contributed by atoms with van der Waals surface area (Å²) in [6.07, 6.45) is 1.45. The third kappa shape index (κ3) is 3.48. The van der Waals surface area contributed by atoms with Gasteiger partial charge < -0.3 is 9.47 Å². The first kappa shape index (κ1) is 17.4. The lowest BCUT2D eigenvalue weighted by atomic mass is 10.1. The molecular weight excluding hydrogens is 367 g/mol. The van der Waals surface area contributed by atoms with Gasteiger partial charge in [0.2, 0.25) is 4.96 Å². The van der Waals surface area contributed by atoms with Crippen molar-refractivity contribution in [1.82, 2.24) is 19.8 Å². The Labute approximate surface area is 159 Å². The third-order valence-corrected chi connectivity index (χ3v) is 5.18. The predicted molar refractivity (Wildman–Crippen MR) is 101 cm³/mol. The van der Waals surface area contributed by atoms with Gasteiger partial charge in [0.25, 0.3) is 0 Å². The van der Waals surface area contributed by atoms with Crippen LogP contribution in [0.2, 0.25) is 0 Å². The van der Waals surface area contributed by atoms with Crippen LogP contribution in [0.1, 0.15) is 11.4 Å². The number of benzene rings is 2. The van der Waals surface area contributed by atoms with Crippen LogP contribution in [0, 0.1) is 5.82 Å². The van der Waals surface area contributed by atoms with Crippen molar-refractivity contribution in [3.05, 3.63) is 59.7 Å². The average Bonchev–Trinajstić information content (AvgIpc) is 3.28. The molecule has 0 fully saturated rings. The second kappa shape index (κ2) is 7.32. The van der Waals surface area contributed by atoms with Crippen molar-refractivity contribution >= 4 is 16.3 Å². The summed E-state index contributed by atoms with van der Waals surface area (Å²) in [7, 11) is 3.24. The Morgan fingerprint density at radius 1 is 0.963 bits per heavy atom. The largest absolute Gasteiger partial charge is 0.493 e. The molecule has 0 unspecified atom stereocenters. The molecule has 138 valence electrons. The number of aryl methyl sites for hydroxylation is 2. The highest BCUT2D eigenvalue weighted by Gasteiger charge is 2.13. The molecule has 0 atom stereocenters. The van der Waals surface area contributed by atoms with E-state index < -0.39 is 0 Å². The molecule has 2 aromatic heterocycles. The van der Waals surface area contributed by atoms with Gasteiger partial charge in [-0.3, -0.25) is 0 Å². The summed E-state index contributed by atoms with van der Waals surface area (Å²) in [6, 6.07) is 12.1. The van der Waals surface area contributed by atoms with Gasteiger partial charge in [0.1, 0.15) is 10.8 Å². The van der Waals surface area contributed by atoms with Crippen molar-refractivity contribution in [3.63, 3.8) is 0 Å². The van der Waals surface area contributed by atoms with Crippen LogP contribution >= 0.6 is 11.3 Å². The minimum atomic E-state index is -0.266. The fourth-order valence-electron chi connectivity index (χ4n) is 2.81. The van der Waals surface area contributed by atoms with E-state index in [1.807, 2.05) is 18.2 Å². The molecule has 0 saturated heterocycles. The van der Waals surface area contributed by atoms with Gasteiger partial charge in [-0.15, -0.1) is 10.2 Å². The van der Waals surface area contributed by atoms with Crippen LogP contribution in [0.25, 0.3) is 15.5 Å². The molecule has 0 aliphatic heterocycles. The summed E-state index contributed by atoms with van der Waals surface area (Å²) in [5.41, 5.74) is 1.97. The third-order valence-electron chi connectivity index (χ3n) is 4.23. The van der Waals surface area contributed by atoms with E-state index in [4.69, 9.17) is 9.47 Å². The molecule has 0 bridgehead atoms. The SMILES string of the molecule is COc1ccc(CCc2nnc3sc(-c4ccc(F)cc4)nn23)cc1OC. The van der Waals surface area contributed by atoms with E-state index in [2.05, 4.69) is 15.3 Å². The zero-order chi connectivity index (χ0) is 18.8. The highest BCUT2D eigenvalue weighted by molar-refractivity contribution is 7.19. The first-order chi connectivity index (χ1) is 13.2. The maximum Gasteiger partial charge on any atom is 0.234 e. The van der Waals surface area contributed by atoms with E-state index in [0.29, 0.717) is 17.9 Å². The van der Waals surface area contributed by atoms with Crippen LogP contribution < -0.4 is 9.47 Å². The molecule has 0 amide bonds. The van der Waals surface area contributed by atoms with E-state index in [1.54, 1.807) is 30.9 Å². The lowest BCUT2D eigenvalue weighted by molar-refractivity contribution is 0.354. The van der Waals surface area contributed by atoms with E-state index in [1.165, 1.54) is 23.5 Å². The number of ether oxygens (including phenoxy) is 2. The van der Waals surface area contributed by atoms with E-state index in [9.17, 15) is 4.39 Å². The van der Waals surface area contributed by atoms with Crippen LogP contribution in [-0.4, -0.2) is 34.0 Å². The monoisotopic (exact) mass is 384 g/mol. The smallest absolute Gasteiger partial charge is 0.234 e. The Morgan fingerprint density at radius 2 is 1.74 bits per heavy atom. The summed E-state index contributed by atoms with van der Waals surface area (Å²) in [5, 5.41) is 13.8. The van der Waals surface area contributed by atoms with Crippen molar-refractivity contribution in [2.24, 2.45) is 0 Å². The van der Waals surface area contributed by atoms with Crippen LogP contribution in [0.4, 0.5) is 4.39 Å². The number of fused-ring (bicyclic) bond motifs is 1. The van der Waals surface area contributed by atoms with Crippen LogP contribution in [-0.2, 0) is 12.8 Å². The van der Waals surface area contributed by atoms with E-state index >= 15 is 0 Å². The number of nitrogens with zero attached hydrogens (tertiary/aromatic N) is 4. The number of hydrogen-bond acceptors (Lipinski definition) is 6.